The second kappa shape index (κ2) is 22.5. The number of aliphatic hydroxyl groups is 1. The second-order valence-corrected chi connectivity index (χ2v) is 17.1. The number of piperazine rings is 1. The summed E-state index contributed by atoms with van der Waals surface area (Å²) < 4.78 is 12.8. The van der Waals surface area contributed by atoms with Gasteiger partial charge >= 0.3 is 0 Å². The van der Waals surface area contributed by atoms with Gasteiger partial charge in [-0.15, -0.1) is 11.3 Å². The number of benzene rings is 1. The van der Waals surface area contributed by atoms with Crippen LogP contribution in [0.3, 0.4) is 0 Å². The first-order valence-electron chi connectivity index (χ1n) is 20.5. The van der Waals surface area contributed by atoms with Crippen molar-refractivity contribution in [1.29, 1.82) is 0 Å². The van der Waals surface area contributed by atoms with Crippen molar-refractivity contribution in [2.45, 2.75) is 38.8 Å². The summed E-state index contributed by atoms with van der Waals surface area (Å²) in [6.07, 6.45) is 6.73. The maximum absolute atomic E-state index is 12.8. The van der Waals surface area contributed by atoms with Crippen LogP contribution in [0.4, 0.5) is 5.00 Å². The molecule has 3 aromatic heterocycles. The number of carbonyl (C=O) groups excluding carboxylic acids is 5. The Morgan fingerprint density at radius 3 is 2.42 bits per heavy atom. The van der Waals surface area contributed by atoms with Crippen LogP contribution in [0.15, 0.2) is 42.6 Å². The van der Waals surface area contributed by atoms with Gasteiger partial charge in [-0.25, -0.2) is 0 Å². The quantitative estimate of drug-likeness (QED) is 0.0714. The molecule has 0 radical (unpaired) electrons. The van der Waals surface area contributed by atoms with Gasteiger partial charge in [-0.3, -0.25) is 28.7 Å². The van der Waals surface area contributed by atoms with Crippen molar-refractivity contribution in [1.82, 2.24) is 40.1 Å². The van der Waals surface area contributed by atoms with E-state index in [9.17, 15) is 29.1 Å². The average Bonchev–Trinajstić information content (AvgIpc) is 4.02. The molecule has 1 saturated heterocycles. The van der Waals surface area contributed by atoms with Gasteiger partial charge in [-0.05, 0) is 44.8 Å². The molecule has 20 heteroatoms. The van der Waals surface area contributed by atoms with Gasteiger partial charge in [-0.1, -0.05) is 29.3 Å². The molecular weight excluding hydrogens is 861 g/mol. The Morgan fingerprint density at radius 2 is 1.71 bits per heavy atom. The Kier molecular flexibility index (Phi) is 16.9. The molecule has 2 aliphatic heterocycles. The van der Waals surface area contributed by atoms with E-state index in [4.69, 9.17) is 37.8 Å². The highest BCUT2D eigenvalue weighted by atomic mass is 35.5. The van der Waals surface area contributed by atoms with Crippen LogP contribution >= 0.6 is 34.5 Å². The molecule has 6 rings (SSSR count). The Balaban J connectivity index is 0.809. The third-order valence-corrected chi connectivity index (χ3v) is 12.4. The van der Waals surface area contributed by atoms with Crippen LogP contribution in [-0.4, -0.2) is 157 Å². The zero-order chi connectivity index (χ0) is 44.2. The Labute approximate surface area is 373 Å². The number of aromatic amines is 1. The third-order valence-electron chi connectivity index (χ3n) is 10.4. The highest BCUT2D eigenvalue weighted by Gasteiger charge is 2.29. The van der Waals surface area contributed by atoms with Crippen molar-refractivity contribution in [2.24, 2.45) is 0 Å². The van der Waals surface area contributed by atoms with E-state index < -0.39 is 6.61 Å². The fourth-order valence-corrected chi connectivity index (χ4v) is 8.61. The number of ether oxygens (including phenoxy) is 2. The van der Waals surface area contributed by atoms with Crippen LogP contribution in [0, 0.1) is 0 Å². The fraction of sp³-hybridized carbons (Fsp3) is 0.476. The van der Waals surface area contributed by atoms with Gasteiger partial charge in [0.05, 0.1) is 59.2 Å². The Hall–Kier alpha value is -4.82. The SMILES string of the molecule is CN(C)C/C=C/C(=O)N1CCN(c2ccc(CCNC(=O)CCOCCOCCC(=O)NCCn3ccc(-c4cc(Cl)c(Cl)c5[nH]c6c(c45)CN(C(=O)CO)CC6)n3)s2)C(=O)C1. The van der Waals surface area contributed by atoms with Crippen LogP contribution in [-0.2, 0) is 59.4 Å². The number of H-pyrrole nitrogens is 1. The van der Waals surface area contributed by atoms with Gasteiger partial charge in [0, 0.05) is 104 Å². The number of fused-ring (bicyclic) bond motifs is 3. The minimum absolute atomic E-state index is 0.0441. The molecule has 0 saturated carbocycles. The topological polar surface area (TPSA) is 195 Å². The molecule has 62 heavy (non-hydrogen) atoms. The number of carbonyl (C=O) groups is 5. The number of nitrogens with one attached hydrogen (secondary N) is 3. The van der Waals surface area contributed by atoms with Crippen LogP contribution in [0.5, 0.6) is 0 Å². The van der Waals surface area contributed by atoms with Gasteiger partial charge < -0.3 is 49.8 Å². The van der Waals surface area contributed by atoms with E-state index in [1.807, 2.05) is 43.4 Å². The molecule has 5 heterocycles. The van der Waals surface area contributed by atoms with E-state index in [-0.39, 0.29) is 68.7 Å². The summed E-state index contributed by atoms with van der Waals surface area (Å²) in [6.45, 7) is 4.14. The number of amides is 5. The van der Waals surface area contributed by atoms with Crippen molar-refractivity contribution in [3.63, 3.8) is 0 Å². The number of aromatic nitrogens is 3. The molecular formula is C42H53Cl2N9O8S. The molecule has 0 aliphatic carbocycles. The van der Waals surface area contributed by atoms with E-state index in [1.54, 1.807) is 31.5 Å². The molecule has 0 unspecified atom stereocenters. The van der Waals surface area contributed by atoms with E-state index >= 15 is 0 Å². The number of rotatable bonds is 21. The van der Waals surface area contributed by atoms with E-state index in [0.29, 0.717) is 93.1 Å². The zero-order valence-electron chi connectivity index (χ0n) is 34.9. The van der Waals surface area contributed by atoms with Crippen LogP contribution < -0.4 is 15.5 Å². The van der Waals surface area contributed by atoms with Gasteiger partial charge in [0.25, 0.3) is 0 Å². The van der Waals surface area contributed by atoms with Crippen LogP contribution in [0.2, 0.25) is 10.0 Å². The van der Waals surface area contributed by atoms with Gasteiger partial charge in [0.15, 0.2) is 0 Å². The predicted molar refractivity (Wildman–Crippen MR) is 237 cm³/mol. The second-order valence-electron chi connectivity index (χ2n) is 15.1. The largest absolute Gasteiger partial charge is 0.387 e. The lowest BCUT2D eigenvalue weighted by Gasteiger charge is -2.33. The molecule has 0 atom stereocenters. The lowest BCUT2D eigenvalue weighted by molar-refractivity contribution is -0.135. The summed E-state index contributed by atoms with van der Waals surface area (Å²) in [4.78, 5) is 73.5. The molecule has 5 amide bonds. The lowest BCUT2D eigenvalue weighted by atomic mass is 9.99. The number of likely N-dealkylation sites (N-methyl/N-ethyl adjacent to an activating group) is 1. The maximum atomic E-state index is 12.8. The molecule has 4 aromatic rings. The minimum atomic E-state index is -0.554. The molecule has 0 spiro atoms. The highest BCUT2D eigenvalue weighted by molar-refractivity contribution is 7.16. The molecule has 1 fully saturated rings. The third kappa shape index (κ3) is 12.4. The Bertz CT molecular complexity index is 2260. The predicted octanol–water partition coefficient (Wildman–Crippen LogP) is 2.86. The Morgan fingerprint density at radius 1 is 0.968 bits per heavy atom. The summed E-state index contributed by atoms with van der Waals surface area (Å²) in [5.41, 5.74) is 3.99. The summed E-state index contributed by atoms with van der Waals surface area (Å²) in [5.74, 6) is -0.905. The van der Waals surface area contributed by atoms with Gasteiger partial charge in [0.1, 0.15) is 13.2 Å². The van der Waals surface area contributed by atoms with Gasteiger partial charge in [-0.2, -0.15) is 5.10 Å². The number of hydrogen-bond acceptors (Lipinski definition) is 11. The number of aliphatic hydroxyl groups excluding tert-OH is 1. The van der Waals surface area contributed by atoms with Crippen molar-refractivity contribution < 1.29 is 38.6 Å². The van der Waals surface area contributed by atoms with Crippen molar-refractivity contribution in [2.75, 3.05) is 97.8 Å². The molecule has 4 N–H and O–H groups in total. The number of nitrogens with zero attached hydrogens (tertiary/aromatic N) is 6. The summed E-state index contributed by atoms with van der Waals surface area (Å²) >= 11 is 14.6. The minimum Gasteiger partial charge on any atom is -0.387 e. The molecule has 2 aliphatic rings. The maximum Gasteiger partial charge on any atom is 0.248 e. The summed E-state index contributed by atoms with van der Waals surface area (Å²) in [7, 11) is 3.84. The van der Waals surface area contributed by atoms with Crippen LogP contribution in [0.25, 0.3) is 22.2 Å². The monoisotopic (exact) mass is 913 g/mol. The molecule has 0 bridgehead atoms. The van der Waals surface area contributed by atoms with Crippen molar-refractivity contribution >= 4 is 80.0 Å². The number of halogens is 2. The van der Waals surface area contributed by atoms with E-state index in [2.05, 4.69) is 15.6 Å². The first kappa shape index (κ1) is 46.7. The van der Waals surface area contributed by atoms with E-state index in [0.717, 1.165) is 32.1 Å². The molecule has 17 nitrogen and oxygen atoms in total. The number of hydrogen-bond donors (Lipinski definition) is 4. The number of anilines is 1. The average molecular weight is 915 g/mol. The normalized spacial score (nSPS) is 14.4. The van der Waals surface area contributed by atoms with Crippen molar-refractivity contribution in [3.8, 4) is 11.3 Å². The zero-order valence-corrected chi connectivity index (χ0v) is 37.3. The summed E-state index contributed by atoms with van der Waals surface area (Å²) in [6, 6.07) is 7.49. The van der Waals surface area contributed by atoms with Crippen molar-refractivity contribution in [3.05, 3.63) is 68.8 Å². The smallest absolute Gasteiger partial charge is 0.248 e. The first-order valence-corrected chi connectivity index (χ1v) is 22.1. The number of thiophene rings is 1. The lowest BCUT2D eigenvalue weighted by Crippen LogP contribution is -2.51. The highest BCUT2D eigenvalue weighted by Crippen LogP contribution is 2.42. The van der Waals surface area contributed by atoms with E-state index in [1.165, 1.54) is 17.4 Å². The first-order chi connectivity index (χ1) is 29.9. The standard InChI is InChI=1S/C42H53Cl2N9O8S/c1-49(2)14-3-4-36(57)51-18-19-53(37(58)26-51)39-6-5-28(62-39)7-12-45-34(55)10-20-60-22-23-61-21-11-35(56)46-13-17-52-16-9-33(48-52)29-24-31(43)41(44)42-40(29)30-25-50(38(59)27-54)15-8-32(30)47-42/h3-6,9,16,24,47,54H,7-8,10-15,17-23,25-27H2,1-2H3,(H,45,55)(H,46,56)/b4-3+. The molecule has 334 valence electrons. The molecule has 1 aromatic carbocycles. The van der Waals surface area contributed by atoms with Gasteiger partial charge in [0.2, 0.25) is 29.5 Å². The fourth-order valence-electron chi connectivity index (χ4n) is 7.16. The van der Waals surface area contributed by atoms with Crippen LogP contribution in [0.1, 0.15) is 29.0 Å². The summed E-state index contributed by atoms with van der Waals surface area (Å²) in [5, 5.41) is 22.3.